The van der Waals surface area contributed by atoms with Crippen LogP contribution in [-0.2, 0) is 11.3 Å². The van der Waals surface area contributed by atoms with Crippen LogP contribution in [0.5, 0.6) is 0 Å². The number of methoxy groups -OCH3 is 1. The van der Waals surface area contributed by atoms with Gasteiger partial charge in [-0.2, -0.15) is 0 Å². The van der Waals surface area contributed by atoms with Crippen molar-refractivity contribution in [1.29, 1.82) is 0 Å². The van der Waals surface area contributed by atoms with Crippen LogP contribution in [0.3, 0.4) is 0 Å². The van der Waals surface area contributed by atoms with E-state index >= 15 is 0 Å². The molecule has 2 N–H and O–H groups in total. The summed E-state index contributed by atoms with van der Waals surface area (Å²) in [6.07, 6.45) is 0. The van der Waals surface area contributed by atoms with Gasteiger partial charge in [0, 0.05) is 26.2 Å². The van der Waals surface area contributed by atoms with Gasteiger partial charge in [-0.3, -0.25) is 0 Å². The fraction of sp³-hybridized carbons (Fsp3) is 0.538. The molecule has 0 saturated carbocycles. The third kappa shape index (κ3) is 3.60. The molecule has 0 heterocycles. The largest absolute Gasteiger partial charge is 0.383 e. The van der Waals surface area contributed by atoms with Crippen molar-refractivity contribution in [2.45, 2.75) is 26.4 Å². The van der Waals surface area contributed by atoms with Gasteiger partial charge < -0.3 is 15.4 Å². The summed E-state index contributed by atoms with van der Waals surface area (Å²) in [6.45, 7) is 6.33. The Morgan fingerprint density at radius 1 is 1.47 bits per heavy atom. The summed E-state index contributed by atoms with van der Waals surface area (Å²) in [7, 11) is 1.71. The summed E-state index contributed by atoms with van der Waals surface area (Å²) in [4.78, 5) is 2.23. The van der Waals surface area contributed by atoms with Crippen molar-refractivity contribution < 1.29 is 4.74 Å². The lowest BCUT2D eigenvalue weighted by atomic mass is 10.1. The van der Waals surface area contributed by atoms with Crippen molar-refractivity contribution in [3.63, 3.8) is 0 Å². The smallest absolute Gasteiger partial charge is 0.0663 e. The highest BCUT2D eigenvalue weighted by Gasteiger charge is 2.15. The number of anilines is 1. The second kappa shape index (κ2) is 6.84. The van der Waals surface area contributed by atoms with Crippen LogP contribution in [-0.4, -0.2) is 26.3 Å². The maximum Gasteiger partial charge on any atom is 0.0663 e. The van der Waals surface area contributed by atoms with E-state index in [-0.39, 0.29) is 0 Å². The molecule has 0 bridgehead atoms. The monoisotopic (exact) mass is 256 g/mol. The van der Waals surface area contributed by atoms with E-state index in [1.165, 1.54) is 0 Å². The molecule has 0 spiro atoms. The van der Waals surface area contributed by atoms with Gasteiger partial charge in [-0.05, 0) is 31.5 Å². The number of hydrogen-bond donors (Lipinski definition) is 1. The normalized spacial score (nSPS) is 12.5. The van der Waals surface area contributed by atoms with Gasteiger partial charge in [-0.15, -0.1) is 0 Å². The van der Waals surface area contributed by atoms with Crippen molar-refractivity contribution in [1.82, 2.24) is 0 Å². The Balaban J connectivity index is 2.95. The first-order valence-corrected chi connectivity index (χ1v) is 6.25. The minimum atomic E-state index is 0.297. The minimum Gasteiger partial charge on any atom is -0.383 e. The zero-order valence-corrected chi connectivity index (χ0v) is 11.5. The predicted octanol–water partition coefficient (Wildman–Crippen LogP) is 2.66. The molecule has 1 rings (SSSR count). The molecule has 0 aromatic heterocycles. The Morgan fingerprint density at radius 2 is 2.18 bits per heavy atom. The van der Waals surface area contributed by atoms with E-state index < -0.39 is 0 Å². The van der Waals surface area contributed by atoms with Gasteiger partial charge in [0.15, 0.2) is 0 Å². The quantitative estimate of drug-likeness (QED) is 0.851. The second-order valence-electron chi connectivity index (χ2n) is 4.08. The number of nitrogens with two attached hydrogens (primary N) is 1. The summed E-state index contributed by atoms with van der Waals surface area (Å²) in [5.41, 5.74) is 7.68. The van der Waals surface area contributed by atoms with Gasteiger partial charge in [0.1, 0.15) is 0 Å². The molecule has 3 nitrogen and oxygen atoms in total. The molecule has 17 heavy (non-hydrogen) atoms. The zero-order chi connectivity index (χ0) is 12.8. The van der Waals surface area contributed by atoms with E-state index in [0.717, 1.165) is 22.8 Å². The van der Waals surface area contributed by atoms with Crippen molar-refractivity contribution >= 4 is 17.3 Å². The van der Waals surface area contributed by atoms with E-state index in [0.29, 0.717) is 19.2 Å². The first-order valence-electron chi connectivity index (χ1n) is 5.88. The lowest BCUT2D eigenvalue weighted by Crippen LogP contribution is -2.36. The molecule has 0 radical (unpaired) electrons. The summed E-state index contributed by atoms with van der Waals surface area (Å²) >= 11 is 6.29. The predicted molar refractivity (Wildman–Crippen MR) is 73.7 cm³/mol. The molecule has 0 fully saturated rings. The van der Waals surface area contributed by atoms with Gasteiger partial charge in [-0.25, -0.2) is 0 Å². The number of rotatable bonds is 6. The summed E-state index contributed by atoms with van der Waals surface area (Å²) in [5, 5.41) is 0.748. The number of nitrogens with zero attached hydrogens (tertiary/aromatic N) is 1. The number of likely N-dealkylation sites (N-methyl/N-ethyl adjacent to an activating group) is 1. The molecule has 1 aromatic rings. The van der Waals surface area contributed by atoms with Gasteiger partial charge in [0.05, 0.1) is 17.3 Å². The Labute approximate surface area is 109 Å². The number of halogens is 1. The average molecular weight is 257 g/mol. The average Bonchev–Trinajstić information content (AvgIpc) is 2.32. The summed E-state index contributed by atoms with van der Waals surface area (Å²) in [5.74, 6) is 0. The van der Waals surface area contributed by atoms with Gasteiger partial charge in [0.2, 0.25) is 0 Å². The fourth-order valence-corrected chi connectivity index (χ4v) is 2.27. The molecule has 0 amide bonds. The molecule has 96 valence electrons. The van der Waals surface area contributed by atoms with Gasteiger partial charge in [-0.1, -0.05) is 17.7 Å². The standard InChI is InChI=1S/C13H21ClN2O/c1-4-16(10(2)9-17-3)13-6-5-11(8-15)7-12(13)14/h5-7,10H,4,8-9,15H2,1-3H3. The summed E-state index contributed by atoms with van der Waals surface area (Å²) < 4.78 is 5.19. The van der Waals surface area contributed by atoms with Crippen LogP contribution in [0.15, 0.2) is 18.2 Å². The first kappa shape index (κ1) is 14.3. The molecule has 0 aliphatic heterocycles. The zero-order valence-electron chi connectivity index (χ0n) is 10.7. The van der Waals surface area contributed by atoms with Crippen LogP contribution in [0, 0.1) is 0 Å². The molecule has 0 aliphatic carbocycles. The number of hydrogen-bond acceptors (Lipinski definition) is 3. The van der Waals surface area contributed by atoms with E-state index in [9.17, 15) is 0 Å². The lowest BCUT2D eigenvalue weighted by Gasteiger charge is -2.30. The Kier molecular flexibility index (Phi) is 5.75. The van der Waals surface area contributed by atoms with Crippen LogP contribution in [0.25, 0.3) is 0 Å². The molecule has 0 saturated heterocycles. The minimum absolute atomic E-state index is 0.297. The van der Waals surface area contributed by atoms with Crippen LogP contribution in [0.4, 0.5) is 5.69 Å². The van der Waals surface area contributed by atoms with E-state index in [4.69, 9.17) is 22.1 Å². The maximum atomic E-state index is 6.29. The van der Waals surface area contributed by atoms with Crippen LogP contribution < -0.4 is 10.6 Å². The fourth-order valence-electron chi connectivity index (χ4n) is 1.96. The summed E-state index contributed by atoms with van der Waals surface area (Å²) in [6, 6.07) is 6.27. The van der Waals surface area contributed by atoms with Crippen molar-refractivity contribution in [2.75, 3.05) is 25.2 Å². The van der Waals surface area contributed by atoms with E-state index in [1.54, 1.807) is 7.11 Å². The third-order valence-electron chi connectivity index (χ3n) is 2.84. The molecule has 4 heteroatoms. The van der Waals surface area contributed by atoms with Crippen LogP contribution >= 0.6 is 11.6 Å². The molecule has 0 aliphatic rings. The number of ether oxygens (including phenoxy) is 1. The molecular weight excluding hydrogens is 236 g/mol. The van der Waals surface area contributed by atoms with Gasteiger partial charge >= 0.3 is 0 Å². The van der Waals surface area contributed by atoms with E-state index in [1.807, 2.05) is 18.2 Å². The van der Waals surface area contributed by atoms with Crippen molar-refractivity contribution in [2.24, 2.45) is 5.73 Å². The second-order valence-corrected chi connectivity index (χ2v) is 4.49. The molecular formula is C13H21ClN2O. The Bertz CT molecular complexity index is 357. The first-order chi connectivity index (χ1) is 8.13. The Hall–Kier alpha value is -0.770. The van der Waals surface area contributed by atoms with Crippen molar-refractivity contribution in [3.05, 3.63) is 28.8 Å². The molecule has 1 aromatic carbocycles. The number of benzene rings is 1. The van der Waals surface area contributed by atoms with Crippen LogP contribution in [0.2, 0.25) is 5.02 Å². The highest BCUT2D eigenvalue weighted by atomic mass is 35.5. The topological polar surface area (TPSA) is 38.5 Å². The lowest BCUT2D eigenvalue weighted by molar-refractivity contribution is 0.182. The van der Waals surface area contributed by atoms with Gasteiger partial charge in [0.25, 0.3) is 0 Å². The third-order valence-corrected chi connectivity index (χ3v) is 3.14. The SMILES string of the molecule is CCN(c1ccc(CN)cc1Cl)C(C)COC. The molecule has 1 atom stereocenters. The van der Waals surface area contributed by atoms with Crippen LogP contribution in [0.1, 0.15) is 19.4 Å². The molecule has 1 unspecified atom stereocenters. The Morgan fingerprint density at radius 3 is 2.65 bits per heavy atom. The maximum absolute atomic E-state index is 6.29. The van der Waals surface area contributed by atoms with Crippen molar-refractivity contribution in [3.8, 4) is 0 Å². The van der Waals surface area contributed by atoms with E-state index in [2.05, 4.69) is 18.7 Å². The highest BCUT2D eigenvalue weighted by molar-refractivity contribution is 6.33. The highest BCUT2D eigenvalue weighted by Crippen LogP contribution is 2.28.